The molecule has 1 unspecified atom stereocenters. The fourth-order valence-corrected chi connectivity index (χ4v) is 5.36. The third-order valence-corrected chi connectivity index (χ3v) is 7.40. The number of hydrogen-bond acceptors (Lipinski definition) is 3. The van der Waals surface area contributed by atoms with Crippen LogP contribution in [0.3, 0.4) is 0 Å². The summed E-state index contributed by atoms with van der Waals surface area (Å²) in [5, 5.41) is 14.1. The van der Waals surface area contributed by atoms with E-state index in [-0.39, 0.29) is 10.9 Å². The predicted octanol–water partition coefficient (Wildman–Crippen LogP) is 6.07. The molecule has 1 saturated carbocycles. The highest BCUT2D eigenvalue weighted by Gasteiger charge is 2.35. The first-order chi connectivity index (χ1) is 13.4. The van der Waals surface area contributed by atoms with Gasteiger partial charge >= 0.3 is 0 Å². The van der Waals surface area contributed by atoms with Crippen LogP contribution >= 0.6 is 22.9 Å². The standard InChI is InChI=1S/C22H28ClF2NOS/c1-15(23)20-7-8-21(28-20)22(9-3-2-4-10-22)26-14-19(27)6-5-16-11-17(24)13-18(25)12-16/h7-8,11-13,15,19,26-27H,2-6,9-10,14H2,1H3/t15?,19-/m0/s1. The predicted molar refractivity (Wildman–Crippen MR) is 112 cm³/mol. The van der Waals surface area contributed by atoms with Gasteiger partial charge in [-0.2, -0.15) is 0 Å². The summed E-state index contributed by atoms with van der Waals surface area (Å²) >= 11 is 8.00. The van der Waals surface area contributed by atoms with Gasteiger partial charge in [0.05, 0.1) is 17.0 Å². The average Bonchev–Trinajstić information content (AvgIpc) is 3.16. The maximum atomic E-state index is 13.3. The van der Waals surface area contributed by atoms with E-state index in [2.05, 4.69) is 17.4 Å². The summed E-state index contributed by atoms with van der Waals surface area (Å²) in [7, 11) is 0. The quantitative estimate of drug-likeness (QED) is 0.501. The summed E-state index contributed by atoms with van der Waals surface area (Å²) < 4.78 is 26.6. The largest absolute Gasteiger partial charge is 0.392 e. The summed E-state index contributed by atoms with van der Waals surface area (Å²) in [6.45, 7) is 2.44. The maximum absolute atomic E-state index is 13.3. The van der Waals surface area contributed by atoms with E-state index in [1.807, 2.05) is 6.92 Å². The van der Waals surface area contributed by atoms with Crippen LogP contribution in [0.4, 0.5) is 8.78 Å². The summed E-state index contributed by atoms with van der Waals surface area (Å²) in [6.07, 6.45) is 5.98. The SMILES string of the molecule is CC(Cl)c1ccc(C2(NC[C@@H](O)CCc3cc(F)cc(F)c3)CCCCC2)s1. The lowest BCUT2D eigenvalue weighted by Crippen LogP contribution is -2.46. The molecule has 1 heterocycles. The van der Waals surface area contributed by atoms with E-state index in [0.29, 0.717) is 24.9 Å². The zero-order valence-corrected chi connectivity index (χ0v) is 17.8. The van der Waals surface area contributed by atoms with Crippen LogP contribution in [0.25, 0.3) is 0 Å². The topological polar surface area (TPSA) is 32.3 Å². The number of alkyl halides is 1. The van der Waals surface area contributed by atoms with E-state index in [1.54, 1.807) is 11.3 Å². The van der Waals surface area contributed by atoms with Crippen molar-refractivity contribution in [3.63, 3.8) is 0 Å². The summed E-state index contributed by atoms with van der Waals surface area (Å²) in [5.74, 6) is -1.16. The number of benzene rings is 1. The Balaban J connectivity index is 1.61. The van der Waals surface area contributed by atoms with Gasteiger partial charge in [-0.3, -0.25) is 0 Å². The van der Waals surface area contributed by atoms with Gasteiger partial charge in [-0.1, -0.05) is 19.3 Å². The molecule has 2 nitrogen and oxygen atoms in total. The van der Waals surface area contributed by atoms with Crippen molar-refractivity contribution in [2.45, 2.75) is 68.9 Å². The molecule has 0 spiro atoms. The number of halogens is 3. The molecule has 2 aromatic rings. The van der Waals surface area contributed by atoms with E-state index < -0.39 is 17.7 Å². The smallest absolute Gasteiger partial charge is 0.126 e. The number of nitrogens with one attached hydrogen (secondary N) is 1. The van der Waals surface area contributed by atoms with Crippen LogP contribution in [0, 0.1) is 11.6 Å². The lowest BCUT2D eigenvalue weighted by Gasteiger charge is -2.38. The van der Waals surface area contributed by atoms with E-state index in [4.69, 9.17) is 11.6 Å². The first-order valence-corrected chi connectivity index (χ1v) is 11.3. The van der Waals surface area contributed by atoms with E-state index in [1.165, 1.54) is 23.4 Å². The highest BCUT2D eigenvalue weighted by molar-refractivity contribution is 7.12. The van der Waals surface area contributed by atoms with Crippen molar-refractivity contribution in [1.29, 1.82) is 0 Å². The minimum atomic E-state index is -0.578. The normalized spacial score (nSPS) is 18.8. The minimum absolute atomic E-state index is 0.00311. The first kappa shape index (κ1) is 21.7. The second-order valence-electron chi connectivity index (χ2n) is 7.81. The third-order valence-electron chi connectivity index (χ3n) is 5.56. The number of aliphatic hydroxyl groups excluding tert-OH is 1. The van der Waals surface area contributed by atoms with Gasteiger partial charge in [0, 0.05) is 22.4 Å². The monoisotopic (exact) mass is 427 g/mol. The molecule has 0 bridgehead atoms. The van der Waals surface area contributed by atoms with Gasteiger partial charge in [-0.05, 0) is 62.4 Å². The van der Waals surface area contributed by atoms with Crippen molar-refractivity contribution >= 4 is 22.9 Å². The Bertz CT molecular complexity index is 753. The fourth-order valence-electron chi connectivity index (χ4n) is 3.99. The van der Waals surface area contributed by atoms with Gasteiger partial charge < -0.3 is 10.4 Å². The van der Waals surface area contributed by atoms with Crippen LogP contribution in [0.15, 0.2) is 30.3 Å². The molecule has 2 atom stereocenters. The Morgan fingerprint density at radius 2 is 1.82 bits per heavy atom. The molecular formula is C22H28ClF2NOS. The zero-order valence-electron chi connectivity index (χ0n) is 16.2. The molecule has 154 valence electrons. The molecule has 0 aliphatic heterocycles. The molecule has 1 fully saturated rings. The van der Waals surface area contributed by atoms with E-state index in [0.717, 1.165) is 36.6 Å². The Kier molecular flexibility index (Phi) is 7.48. The molecule has 1 aromatic heterocycles. The Hall–Kier alpha value is -1.01. The minimum Gasteiger partial charge on any atom is -0.392 e. The van der Waals surface area contributed by atoms with Gasteiger partial charge in [-0.25, -0.2) is 8.78 Å². The molecule has 0 radical (unpaired) electrons. The van der Waals surface area contributed by atoms with Gasteiger partial charge in [-0.15, -0.1) is 22.9 Å². The molecule has 0 amide bonds. The summed E-state index contributed by atoms with van der Waals surface area (Å²) in [6, 6.07) is 7.79. The highest BCUT2D eigenvalue weighted by atomic mass is 35.5. The van der Waals surface area contributed by atoms with Crippen LogP contribution in [-0.2, 0) is 12.0 Å². The summed E-state index contributed by atoms with van der Waals surface area (Å²) in [5.41, 5.74) is 0.460. The Morgan fingerprint density at radius 1 is 1.14 bits per heavy atom. The van der Waals surface area contributed by atoms with E-state index in [9.17, 15) is 13.9 Å². The molecule has 28 heavy (non-hydrogen) atoms. The lowest BCUT2D eigenvalue weighted by molar-refractivity contribution is 0.133. The molecule has 6 heteroatoms. The third kappa shape index (κ3) is 5.53. The van der Waals surface area contributed by atoms with Crippen molar-refractivity contribution in [1.82, 2.24) is 5.32 Å². The molecule has 2 N–H and O–H groups in total. The summed E-state index contributed by atoms with van der Waals surface area (Å²) in [4.78, 5) is 2.45. The number of aliphatic hydroxyl groups is 1. The van der Waals surface area contributed by atoms with Crippen LogP contribution in [0.1, 0.15) is 66.1 Å². The Morgan fingerprint density at radius 3 is 2.43 bits per heavy atom. The van der Waals surface area contributed by atoms with Gasteiger partial charge in [0.15, 0.2) is 0 Å². The van der Waals surface area contributed by atoms with Crippen molar-refractivity contribution in [3.8, 4) is 0 Å². The number of rotatable bonds is 8. The van der Waals surface area contributed by atoms with Crippen molar-refractivity contribution in [2.75, 3.05) is 6.54 Å². The number of aryl methyl sites for hydroxylation is 1. The van der Waals surface area contributed by atoms with Crippen molar-refractivity contribution < 1.29 is 13.9 Å². The van der Waals surface area contributed by atoms with Gasteiger partial charge in [0.25, 0.3) is 0 Å². The number of hydrogen-bond donors (Lipinski definition) is 2. The second kappa shape index (κ2) is 9.66. The average molecular weight is 428 g/mol. The zero-order chi connectivity index (χ0) is 20.1. The second-order valence-corrected chi connectivity index (χ2v) is 9.58. The maximum Gasteiger partial charge on any atom is 0.126 e. The lowest BCUT2D eigenvalue weighted by atomic mass is 9.80. The molecule has 3 rings (SSSR count). The van der Waals surface area contributed by atoms with E-state index >= 15 is 0 Å². The van der Waals surface area contributed by atoms with Crippen LogP contribution in [-0.4, -0.2) is 17.8 Å². The van der Waals surface area contributed by atoms with Crippen molar-refractivity contribution in [2.24, 2.45) is 0 Å². The molecule has 1 aliphatic carbocycles. The first-order valence-electron chi connectivity index (χ1n) is 10.0. The molecular weight excluding hydrogens is 400 g/mol. The fraction of sp³-hybridized carbons (Fsp3) is 0.545. The highest BCUT2D eigenvalue weighted by Crippen LogP contribution is 2.42. The van der Waals surface area contributed by atoms with Crippen LogP contribution in [0.2, 0.25) is 0 Å². The Labute approximate surface area is 174 Å². The van der Waals surface area contributed by atoms with Gasteiger partial charge in [0.1, 0.15) is 11.6 Å². The van der Waals surface area contributed by atoms with Gasteiger partial charge in [0.2, 0.25) is 0 Å². The molecule has 1 aliphatic rings. The molecule has 1 aromatic carbocycles. The van der Waals surface area contributed by atoms with Crippen molar-refractivity contribution in [3.05, 3.63) is 57.3 Å². The molecule has 0 saturated heterocycles. The number of thiophene rings is 1. The van der Waals surface area contributed by atoms with Crippen LogP contribution in [0.5, 0.6) is 0 Å². The van der Waals surface area contributed by atoms with Crippen LogP contribution < -0.4 is 5.32 Å².